The molecule has 0 aliphatic carbocycles. The highest BCUT2D eigenvalue weighted by Crippen LogP contribution is 2.42. The molecule has 45 heavy (non-hydrogen) atoms. The molecule has 7 nitrogen and oxygen atoms in total. The van der Waals surface area contributed by atoms with Gasteiger partial charge < -0.3 is 15.0 Å². The van der Waals surface area contributed by atoms with Crippen LogP contribution in [0.3, 0.4) is 0 Å². The number of aryl methyl sites for hydroxylation is 2. The third kappa shape index (κ3) is 5.03. The van der Waals surface area contributed by atoms with Crippen molar-refractivity contribution in [2.24, 2.45) is 5.92 Å². The molecule has 0 amide bonds. The number of fused-ring (bicyclic) bond motifs is 4. The first-order valence-corrected chi connectivity index (χ1v) is 16.9. The summed E-state index contributed by atoms with van der Waals surface area (Å²) in [5, 5.41) is 5.75. The van der Waals surface area contributed by atoms with Crippen molar-refractivity contribution in [1.82, 2.24) is 25.2 Å². The van der Waals surface area contributed by atoms with E-state index in [-0.39, 0.29) is 34.6 Å². The van der Waals surface area contributed by atoms with Crippen molar-refractivity contribution in [3.8, 4) is 17.3 Å². The molecule has 238 valence electrons. The molecule has 0 bridgehead atoms. The van der Waals surface area contributed by atoms with Gasteiger partial charge in [0.1, 0.15) is 29.5 Å². The summed E-state index contributed by atoms with van der Waals surface area (Å²) in [6.07, 6.45) is 6.15. The van der Waals surface area contributed by atoms with Gasteiger partial charge in [-0.1, -0.05) is 45.0 Å². The Hall–Kier alpha value is -3.43. The second kappa shape index (κ2) is 12.1. The minimum absolute atomic E-state index is 0.0215. The first kappa shape index (κ1) is 30.2. The van der Waals surface area contributed by atoms with E-state index in [4.69, 9.17) is 19.7 Å². The van der Waals surface area contributed by atoms with E-state index in [9.17, 15) is 4.39 Å². The largest absolute Gasteiger partial charge is 0.461 e. The molecular weight excluding hydrogens is 570 g/mol. The molecule has 2 aromatic carbocycles. The Balaban J connectivity index is 0.00000160. The maximum atomic E-state index is 17.0. The van der Waals surface area contributed by atoms with E-state index in [0.29, 0.717) is 40.8 Å². The van der Waals surface area contributed by atoms with Gasteiger partial charge in [-0.2, -0.15) is 9.97 Å². The molecule has 8 rings (SSSR count). The van der Waals surface area contributed by atoms with E-state index in [1.807, 2.05) is 32.0 Å². The van der Waals surface area contributed by atoms with E-state index in [1.54, 1.807) is 13.0 Å². The Morgan fingerprint density at radius 2 is 1.80 bits per heavy atom. The van der Waals surface area contributed by atoms with E-state index < -0.39 is 5.82 Å². The molecule has 4 aliphatic rings. The SMILES string of the molecule is CC.Cc1c(F)ccc2cccc(-c3nc4c5c(nc(OCC67CCCN6CCC7)nc5c3F)N3CCNCC3C(C)CC4)c12. The van der Waals surface area contributed by atoms with Crippen molar-refractivity contribution < 1.29 is 13.5 Å². The van der Waals surface area contributed by atoms with Gasteiger partial charge in [0.2, 0.25) is 0 Å². The Morgan fingerprint density at radius 3 is 2.60 bits per heavy atom. The predicted molar refractivity (Wildman–Crippen MR) is 176 cm³/mol. The predicted octanol–water partition coefficient (Wildman–Crippen LogP) is 6.83. The Bertz CT molecular complexity index is 1730. The van der Waals surface area contributed by atoms with Gasteiger partial charge in [-0.25, -0.2) is 13.8 Å². The summed E-state index contributed by atoms with van der Waals surface area (Å²) in [6, 6.07) is 9.31. The Kier molecular flexibility index (Phi) is 8.10. The summed E-state index contributed by atoms with van der Waals surface area (Å²) in [6.45, 7) is 13.2. The molecule has 0 radical (unpaired) electrons. The van der Waals surface area contributed by atoms with Crippen molar-refractivity contribution in [1.29, 1.82) is 0 Å². The van der Waals surface area contributed by atoms with E-state index >= 15 is 4.39 Å². The molecular formula is C36H44F2N6O. The van der Waals surface area contributed by atoms with Gasteiger partial charge in [0.25, 0.3) is 0 Å². The van der Waals surface area contributed by atoms with Crippen LogP contribution in [0.1, 0.15) is 64.1 Å². The van der Waals surface area contributed by atoms with Gasteiger partial charge >= 0.3 is 6.01 Å². The van der Waals surface area contributed by atoms with Crippen LogP contribution in [-0.4, -0.2) is 70.8 Å². The molecule has 6 heterocycles. The highest BCUT2D eigenvalue weighted by atomic mass is 19.1. The topological polar surface area (TPSA) is 66.4 Å². The van der Waals surface area contributed by atoms with Gasteiger partial charge in [0.05, 0.1) is 16.6 Å². The standard InChI is InChI=1S/C34H38F2N6O.C2H6/c1-20-8-11-25-28-31(29(36)30(38-25)23-7-3-6-22-9-10-24(35)21(2)27(22)23)39-33(40-32(28)42-17-14-37-18-26(20)42)43-19-34-12-4-15-41(34)16-5-13-34;1-2/h3,6-7,9-10,20,26,37H,4-5,8,11-19H2,1-2H3;1-2H3. The number of ether oxygens (including phenoxy) is 1. The lowest BCUT2D eigenvalue weighted by molar-refractivity contribution is 0.108. The summed E-state index contributed by atoms with van der Waals surface area (Å²) in [5.74, 6) is 0.273. The Labute approximate surface area is 264 Å². The van der Waals surface area contributed by atoms with Crippen LogP contribution < -0.4 is 15.0 Å². The maximum Gasteiger partial charge on any atom is 0.319 e. The van der Waals surface area contributed by atoms with Crippen LogP contribution in [0.2, 0.25) is 0 Å². The first-order valence-electron chi connectivity index (χ1n) is 16.9. The molecule has 2 atom stereocenters. The fourth-order valence-corrected chi connectivity index (χ4v) is 8.28. The molecule has 3 fully saturated rings. The van der Waals surface area contributed by atoms with Crippen LogP contribution in [0.25, 0.3) is 32.9 Å². The summed E-state index contributed by atoms with van der Waals surface area (Å²) < 4.78 is 38.2. The number of aromatic nitrogens is 3. The monoisotopic (exact) mass is 614 g/mol. The first-order chi connectivity index (χ1) is 21.9. The van der Waals surface area contributed by atoms with E-state index in [1.165, 1.54) is 18.9 Å². The fraction of sp³-hybridized carbons (Fsp3) is 0.528. The van der Waals surface area contributed by atoms with Crippen molar-refractivity contribution in [3.63, 3.8) is 0 Å². The fourth-order valence-electron chi connectivity index (χ4n) is 8.28. The van der Waals surface area contributed by atoms with Gasteiger partial charge in [-0.15, -0.1) is 0 Å². The molecule has 0 saturated carbocycles. The van der Waals surface area contributed by atoms with Gasteiger partial charge in [-0.3, -0.25) is 4.90 Å². The molecule has 4 aliphatic heterocycles. The van der Waals surface area contributed by atoms with Gasteiger partial charge in [0, 0.05) is 31.2 Å². The number of pyridine rings is 1. The molecule has 1 N–H and O–H groups in total. The highest BCUT2D eigenvalue weighted by molar-refractivity contribution is 6.01. The number of anilines is 1. The van der Waals surface area contributed by atoms with Crippen LogP contribution >= 0.6 is 0 Å². The number of piperazine rings is 1. The zero-order chi connectivity index (χ0) is 31.3. The van der Waals surface area contributed by atoms with Crippen LogP contribution in [0.15, 0.2) is 30.3 Å². The third-order valence-electron chi connectivity index (χ3n) is 10.6. The van der Waals surface area contributed by atoms with Crippen molar-refractivity contribution in [2.45, 2.75) is 77.8 Å². The zero-order valence-corrected chi connectivity index (χ0v) is 26.9. The van der Waals surface area contributed by atoms with Crippen LogP contribution in [0.5, 0.6) is 6.01 Å². The summed E-state index contributed by atoms with van der Waals surface area (Å²) in [5.41, 5.74) is 2.32. The number of nitrogens with one attached hydrogen (secondary N) is 1. The van der Waals surface area contributed by atoms with Gasteiger partial charge in [-0.05, 0) is 86.9 Å². The molecule has 4 aromatic rings. The van der Waals surface area contributed by atoms with Crippen molar-refractivity contribution in [3.05, 3.63) is 53.2 Å². The summed E-state index contributed by atoms with van der Waals surface area (Å²) in [7, 11) is 0. The van der Waals surface area contributed by atoms with Crippen molar-refractivity contribution in [2.75, 3.05) is 44.2 Å². The maximum absolute atomic E-state index is 17.0. The van der Waals surface area contributed by atoms with Crippen LogP contribution in [-0.2, 0) is 6.42 Å². The number of halogens is 2. The number of nitrogens with zero attached hydrogens (tertiary/aromatic N) is 5. The average molecular weight is 615 g/mol. The number of rotatable bonds is 4. The van der Waals surface area contributed by atoms with E-state index in [2.05, 4.69) is 22.0 Å². The minimum atomic E-state index is -0.509. The molecule has 9 heteroatoms. The molecule has 2 unspecified atom stereocenters. The molecule has 3 saturated heterocycles. The lowest BCUT2D eigenvalue weighted by Crippen LogP contribution is -2.55. The number of benzene rings is 2. The summed E-state index contributed by atoms with van der Waals surface area (Å²) in [4.78, 5) is 19.7. The summed E-state index contributed by atoms with van der Waals surface area (Å²) >= 11 is 0. The average Bonchev–Trinajstić information content (AvgIpc) is 3.66. The van der Waals surface area contributed by atoms with Crippen molar-refractivity contribution >= 4 is 27.5 Å². The van der Waals surface area contributed by atoms with Crippen LogP contribution in [0.4, 0.5) is 14.6 Å². The normalized spacial score (nSPS) is 22.4. The minimum Gasteiger partial charge on any atom is -0.461 e. The third-order valence-corrected chi connectivity index (χ3v) is 10.6. The lowest BCUT2D eigenvalue weighted by atomic mass is 9.89. The zero-order valence-electron chi connectivity index (χ0n) is 26.9. The smallest absolute Gasteiger partial charge is 0.319 e. The van der Waals surface area contributed by atoms with E-state index in [0.717, 1.165) is 68.9 Å². The quantitative estimate of drug-likeness (QED) is 0.271. The van der Waals surface area contributed by atoms with Gasteiger partial charge in [0.15, 0.2) is 5.82 Å². The second-order valence-corrected chi connectivity index (χ2v) is 13.0. The van der Waals surface area contributed by atoms with Crippen LogP contribution in [0, 0.1) is 24.5 Å². The number of hydrogen-bond acceptors (Lipinski definition) is 7. The lowest BCUT2D eigenvalue weighted by Gasteiger charge is -2.42. The highest BCUT2D eigenvalue weighted by Gasteiger charge is 2.45. The molecule has 0 spiro atoms. The second-order valence-electron chi connectivity index (χ2n) is 13.0. The number of hydrogen-bond donors (Lipinski definition) is 1. The Morgan fingerprint density at radius 1 is 1.00 bits per heavy atom. The molecule has 2 aromatic heterocycles.